The summed E-state index contributed by atoms with van der Waals surface area (Å²) in [6, 6.07) is 12.8. The Morgan fingerprint density at radius 2 is 2.00 bits per heavy atom. The van der Waals surface area contributed by atoms with E-state index in [-0.39, 0.29) is 6.61 Å². The predicted molar refractivity (Wildman–Crippen MR) is 90.6 cm³/mol. The van der Waals surface area contributed by atoms with E-state index in [0.717, 1.165) is 5.56 Å². The van der Waals surface area contributed by atoms with Gasteiger partial charge >= 0.3 is 6.09 Å². The number of hydrogen-bond donors (Lipinski definition) is 1. The molecule has 1 N–H and O–H groups in total. The molecule has 4 nitrogen and oxygen atoms in total. The van der Waals surface area contributed by atoms with Gasteiger partial charge in [0.1, 0.15) is 6.61 Å². The standard InChI is InChI=1S/C16H15BrClNO3/c1-2-21-15-13(17)8-12(18)9-14(15)19-16(20)22-10-11-6-4-3-5-7-11/h3-9H,2,10H2,1H3,(H,19,20). The number of carbonyl (C=O) groups excluding carboxylic acids is 1. The zero-order chi connectivity index (χ0) is 15.9. The first-order valence-electron chi connectivity index (χ1n) is 6.69. The number of ether oxygens (including phenoxy) is 2. The van der Waals surface area contributed by atoms with E-state index in [1.807, 2.05) is 37.3 Å². The third-order valence-corrected chi connectivity index (χ3v) is 3.55. The first-order chi connectivity index (χ1) is 10.6. The van der Waals surface area contributed by atoms with Crippen LogP contribution in [0.4, 0.5) is 10.5 Å². The topological polar surface area (TPSA) is 47.6 Å². The van der Waals surface area contributed by atoms with E-state index in [4.69, 9.17) is 21.1 Å². The minimum absolute atomic E-state index is 0.193. The van der Waals surface area contributed by atoms with Gasteiger partial charge in [-0.2, -0.15) is 0 Å². The Balaban J connectivity index is 2.04. The summed E-state index contributed by atoms with van der Waals surface area (Å²) in [6.07, 6.45) is -0.570. The molecule has 2 aromatic carbocycles. The summed E-state index contributed by atoms with van der Waals surface area (Å²) in [7, 11) is 0. The molecule has 116 valence electrons. The second kappa shape index (κ2) is 8.06. The van der Waals surface area contributed by atoms with Crippen LogP contribution in [0.5, 0.6) is 5.75 Å². The lowest BCUT2D eigenvalue weighted by Crippen LogP contribution is -2.14. The van der Waals surface area contributed by atoms with Gasteiger partial charge in [-0.1, -0.05) is 41.9 Å². The third-order valence-electron chi connectivity index (χ3n) is 2.75. The number of carbonyl (C=O) groups is 1. The van der Waals surface area contributed by atoms with Gasteiger partial charge in [-0.05, 0) is 40.5 Å². The zero-order valence-corrected chi connectivity index (χ0v) is 14.3. The molecule has 22 heavy (non-hydrogen) atoms. The maximum absolute atomic E-state index is 11.9. The molecule has 1 amide bonds. The molecule has 0 spiro atoms. The fourth-order valence-corrected chi connectivity index (χ4v) is 2.74. The molecule has 0 aromatic heterocycles. The molecule has 0 saturated heterocycles. The van der Waals surface area contributed by atoms with Crippen LogP contribution < -0.4 is 10.1 Å². The van der Waals surface area contributed by atoms with Crippen molar-refractivity contribution in [1.82, 2.24) is 0 Å². The number of hydrogen-bond acceptors (Lipinski definition) is 3. The summed E-state index contributed by atoms with van der Waals surface area (Å²) < 4.78 is 11.4. The largest absolute Gasteiger partial charge is 0.491 e. The minimum Gasteiger partial charge on any atom is -0.491 e. The lowest BCUT2D eigenvalue weighted by Gasteiger charge is -2.14. The molecule has 0 radical (unpaired) electrons. The molecular weight excluding hydrogens is 370 g/mol. The first kappa shape index (κ1) is 16.6. The number of rotatable bonds is 5. The normalized spacial score (nSPS) is 10.1. The molecule has 6 heteroatoms. The van der Waals surface area contributed by atoms with E-state index in [0.29, 0.717) is 27.5 Å². The predicted octanol–water partition coefficient (Wildman–Crippen LogP) is 5.25. The highest BCUT2D eigenvalue weighted by atomic mass is 79.9. The van der Waals surface area contributed by atoms with Crippen molar-refractivity contribution >= 4 is 39.3 Å². The monoisotopic (exact) mass is 383 g/mol. The average molecular weight is 385 g/mol. The molecule has 0 heterocycles. The van der Waals surface area contributed by atoms with E-state index in [9.17, 15) is 4.79 Å². The second-order valence-electron chi connectivity index (χ2n) is 4.38. The fraction of sp³-hybridized carbons (Fsp3) is 0.188. The van der Waals surface area contributed by atoms with E-state index in [2.05, 4.69) is 21.2 Å². The Morgan fingerprint density at radius 3 is 2.68 bits per heavy atom. The van der Waals surface area contributed by atoms with Gasteiger partial charge in [0.05, 0.1) is 16.8 Å². The maximum Gasteiger partial charge on any atom is 0.412 e. The molecule has 0 atom stereocenters. The molecular formula is C16H15BrClNO3. The van der Waals surface area contributed by atoms with Crippen molar-refractivity contribution in [3.8, 4) is 5.75 Å². The van der Waals surface area contributed by atoms with Gasteiger partial charge in [-0.15, -0.1) is 0 Å². The number of amides is 1. The molecule has 2 aromatic rings. The van der Waals surface area contributed by atoms with Crippen molar-refractivity contribution in [2.24, 2.45) is 0 Å². The zero-order valence-electron chi connectivity index (χ0n) is 11.9. The van der Waals surface area contributed by atoms with E-state index >= 15 is 0 Å². The van der Waals surface area contributed by atoms with Gasteiger partial charge in [0.25, 0.3) is 0 Å². The van der Waals surface area contributed by atoms with Gasteiger partial charge < -0.3 is 9.47 Å². The number of nitrogens with one attached hydrogen (secondary N) is 1. The van der Waals surface area contributed by atoms with Crippen molar-refractivity contribution in [3.63, 3.8) is 0 Å². The summed E-state index contributed by atoms with van der Waals surface area (Å²) in [5.74, 6) is 0.517. The molecule has 0 aliphatic carbocycles. The number of anilines is 1. The highest BCUT2D eigenvalue weighted by Crippen LogP contribution is 2.36. The van der Waals surface area contributed by atoms with Crippen molar-refractivity contribution < 1.29 is 14.3 Å². The number of benzene rings is 2. The first-order valence-corrected chi connectivity index (χ1v) is 7.86. The molecule has 0 bridgehead atoms. The lowest BCUT2D eigenvalue weighted by molar-refractivity contribution is 0.155. The smallest absolute Gasteiger partial charge is 0.412 e. The maximum atomic E-state index is 11.9. The van der Waals surface area contributed by atoms with Crippen molar-refractivity contribution in [2.45, 2.75) is 13.5 Å². The summed E-state index contributed by atoms with van der Waals surface area (Å²) in [6.45, 7) is 2.52. The fourth-order valence-electron chi connectivity index (χ4n) is 1.81. The highest BCUT2D eigenvalue weighted by Gasteiger charge is 2.13. The Hall–Kier alpha value is -1.72. The summed E-state index contributed by atoms with van der Waals surface area (Å²) >= 11 is 9.36. The van der Waals surface area contributed by atoms with Crippen LogP contribution in [-0.2, 0) is 11.3 Å². The Labute approximate surface area is 142 Å². The lowest BCUT2D eigenvalue weighted by atomic mass is 10.2. The average Bonchev–Trinajstić information content (AvgIpc) is 2.50. The molecule has 0 unspecified atom stereocenters. The van der Waals surface area contributed by atoms with Crippen molar-refractivity contribution in [3.05, 3.63) is 57.5 Å². The van der Waals surface area contributed by atoms with Crippen LogP contribution in [0.1, 0.15) is 12.5 Å². The minimum atomic E-state index is -0.570. The van der Waals surface area contributed by atoms with E-state index in [1.165, 1.54) is 0 Å². The Morgan fingerprint density at radius 1 is 1.27 bits per heavy atom. The van der Waals surface area contributed by atoms with Gasteiger partial charge in [-0.3, -0.25) is 5.32 Å². The molecule has 0 aliphatic rings. The van der Waals surface area contributed by atoms with Crippen molar-refractivity contribution in [2.75, 3.05) is 11.9 Å². The highest BCUT2D eigenvalue weighted by molar-refractivity contribution is 9.10. The van der Waals surface area contributed by atoms with Crippen LogP contribution >= 0.6 is 27.5 Å². The molecule has 0 saturated carbocycles. The van der Waals surface area contributed by atoms with Crippen molar-refractivity contribution in [1.29, 1.82) is 0 Å². The van der Waals surface area contributed by atoms with Gasteiger partial charge in [-0.25, -0.2) is 4.79 Å². The molecule has 0 fully saturated rings. The van der Waals surface area contributed by atoms with Crippen LogP contribution in [0.2, 0.25) is 5.02 Å². The molecule has 0 aliphatic heterocycles. The van der Waals surface area contributed by atoms with Crippen LogP contribution in [-0.4, -0.2) is 12.7 Å². The Kier molecular flexibility index (Phi) is 6.10. The van der Waals surface area contributed by atoms with E-state index in [1.54, 1.807) is 12.1 Å². The van der Waals surface area contributed by atoms with Crippen LogP contribution in [0.25, 0.3) is 0 Å². The van der Waals surface area contributed by atoms with Crippen LogP contribution in [0, 0.1) is 0 Å². The molecule has 2 rings (SSSR count). The summed E-state index contributed by atoms with van der Waals surface area (Å²) in [5, 5.41) is 3.13. The summed E-state index contributed by atoms with van der Waals surface area (Å²) in [4.78, 5) is 11.9. The quantitative estimate of drug-likeness (QED) is 0.766. The second-order valence-corrected chi connectivity index (χ2v) is 5.67. The Bertz CT molecular complexity index is 649. The van der Waals surface area contributed by atoms with Gasteiger partial charge in [0.15, 0.2) is 5.75 Å². The van der Waals surface area contributed by atoms with Crippen LogP contribution in [0.15, 0.2) is 46.9 Å². The van der Waals surface area contributed by atoms with E-state index < -0.39 is 6.09 Å². The number of halogens is 2. The van der Waals surface area contributed by atoms with Gasteiger partial charge in [0.2, 0.25) is 0 Å². The third kappa shape index (κ3) is 4.64. The van der Waals surface area contributed by atoms with Crippen LogP contribution in [0.3, 0.4) is 0 Å². The van der Waals surface area contributed by atoms with Gasteiger partial charge in [0, 0.05) is 5.02 Å². The SMILES string of the molecule is CCOc1c(Br)cc(Cl)cc1NC(=O)OCc1ccccc1. The summed E-state index contributed by atoms with van der Waals surface area (Å²) in [5.41, 5.74) is 1.37.